The molecule has 1 rings (SSSR count). The second-order valence-corrected chi connectivity index (χ2v) is 6.38. The first-order valence-electron chi connectivity index (χ1n) is 5.40. The Kier molecular flexibility index (Phi) is 5.29. The second kappa shape index (κ2) is 6.36. The van der Waals surface area contributed by atoms with E-state index in [1.807, 2.05) is 0 Å². The van der Waals surface area contributed by atoms with Gasteiger partial charge in [-0.1, -0.05) is 0 Å². The van der Waals surface area contributed by atoms with Crippen LogP contribution in [0.25, 0.3) is 0 Å². The number of halogens is 2. The first-order chi connectivity index (χ1) is 9.25. The van der Waals surface area contributed by atoms with Gasteiger partial charge in [0.25, 0.3) is 10.0 Å². The molecule has 9 heteroatoms. The van der Waals surface area contributed by atoms with Crippen LogP contribution < -0.4 is 10.2 Å². The van der Waals surface area contributed by atoms with Gasteiger partial charge in [-0.05, 0) is 41.9 Å². The van der Waals surface area contributed by atoms with Crippen LogP contribution in [0.3, 0.4) is 0 Å². The van der Waals surface area contributed by atoms with Crippen LogP contribution in [0.4, 0.5) is 15.8 Å². The SMILES string of the molecule is CCON(c1cc(N)c(F)cc1Br)S(=O)(=O)C(C)=C=O. The van der Waals surface area contributed by atoms with Crippen LogP contribution in [0.2, 0.25) is 0 Å². The molecule has 2 N–H and O–H groups in total. The molecule has 0 aliphatic heterocycles. The lowest BCUT2D eigenvalue weighted by molar-refractivity contribution is 0.163. The van der Waals surface area contributed by atoms with E-state index in [1.165, 1.54) is 5.94 Å². The Morgan fingerprint density at radius 3 is 2.65 bits per heavy atom. The maximum atomic E-state index is 13.3. The van der Waals surface area contributed by atoms with Crippen LogP contribution in [0, 0.1) is 5.82 Å². The van der Waals surface area contributed by atoms with Gasteiger partial charge < -0.3 is 5.73 Å². The summed E-state index contributed by atoms with van der Waals surface area (Å²) in [6.45, 7) is 2.65. The lowest BCUT2D eigenvalue weighted by Crippen LogP contribution is -2.32. The summed E-state index contributed by atoms with van der Waals surface area (Å²) in [5, 5.41) is 0. The quantitative estimate of drug-likeness (QED) is 0.488. The molecule has 0 aliphatic rings. The molecule has 0 aliphatic carbocycles. The zero-order valence-electron chi connectivity index (χ0n) is 10.7. The standard InChI is InChI=1S/C11H12BrFN2O4S/c1-3-19-15(20(17,18)7(2)6-16)11-5-10(14)9(13)4-8(11)12/h4-5H,3,14H2,1-2H3. The smallest absolute Gasteiger partial charge is 0.293 e. The predicted molar refractivity (Wildman–Crippen MR) is 76.4 cm³/mol. The summed E-state index contributed by atoms with van der Waals surface area (Å²) in [5.74, 6) is 0.585. The molecule has 0 heterocycles. The van der Waals surface area contributed by atoms with Crippen molar-refractivity contribution in [1.29, 1.82) is 0 Å². The van der Waals surface area contributed by atoms with E-state index in [0.29, 0.717) is 4.47 Å². The summed E-state index contributed by atoms with van der Waals surface area (Å²) in [6.07, 6.45) is 0. The van der Waals surface area contributed by atoms with Gasteiger partial charge in [0.1, 0.15) is 16.7 Å². The largest absolute Gasteiger partial charge is 0.396 e. The molecule has 0 bridgehead atoms. The third-order valence-corrected chi connectivity index (χ3v) is 4.49. The molecule has 20 heavy (non-hydrogen) atoms. The van der Waals surface area contributed by atoms with E-state index >= 15 is 0 Å². The molecule has 0 spiro atoms. The molecule has 1 aromatic carbocycles. The van der Waals surface area contributed by atoms with E-state index in [0.717, 1.165) is 19.1 Å². The number of nitrogens with two attached hydrogens (primary N) is 1. The van der Waals surface area contributed by atoms with Crippen LogP contribution in [0.1, 0.15) is 13.8 Å². The lowest BCUT2D eigenvalue weighted by Gasteiger charge is -2.23. The van der Waals surface area contributed by atoms with Gasteiger partial charge in [0.2, 0.25) is 0 Å². The Labute approximate surface area is 124 Å². The molecule has 0 amide bonds. The van der Waals surface area contributed by atoms with Crippen LogP contribution in [0.15, 0.2) is 21.5 Å². The summed E-state index contributed by atoms with van der Waals surface area (Å²) in [7, 11) is -4.22. The van der Waals surface area contributed by atoms with Gasteiger partial charge in [-0.25, -0.2) is 9.18 Å². The highest BCUT2D eigenvalue weighted by Gasteiger charge is 2.29. The number of benzene rings is 1. The van der Waals surface area contributed by atoms with Crippen LogP contribution in [-0.4, -0.2) is 21.0 Å². The van der Waals surface area contributed by atoms with Crippen molar-refractivity contribution in [2.75, 3.05) is 16.8 Å². The number of anilines is 2. The topological polar surface area (TPSA) is 89.7 Å². The van der Waals surface area contributed by atoms with Crippen molar-refractivity contribution < 1.29 is 22.4 Å². The van der Waals surface area contributed by atoms with Gasteiger partial charge in [-0.3, -0.25) is 4.84 Å². The molecule has 0 unspecified atom stereocenters. The number of hydrogen-bond acceptors (Lipinski definition) is 5. The van der Waals surface area contributed by atoms with E-state index < -0.39 is 20.7 Å². The number of sulfonamides is 1. The molecule has 1 aromatic rings. The molecule has 0 atom stereocenters. The van der Waals surface area contributed by atoms with E-state index in [2.05, 4.69) is 15.9 Å². The molecule has 0 radical (unpaired) electrons. The zero-order chi connectivity index (χ0) is 15.5. The van der Waals surface area contributed by atoms with Gasteiger partial charge in [-0.2, -0.15) is 8.42 Å². The second-order valence-electron chi connectivity index (χ2n) is 3.63. The Balaban J connectivity index is 3.51. The van der Waals surface area contributed by atoms with Crippen LogP contribution in [-0.2, 0) is 19.7 Å². The molecule has 0 aromatic heterocycles. The third kappa shape index (κ3) is 3.18. The average Bonchev–Trinajstić information content (AvgIpc) is 2.39. The third-order valence-electron chi connectivity index (χ3n) is 2.26. The maximum absolute atomic E-state index is 13.3. The van der Waals surface area contributed by atoms with E-state index in [-0.39, 0.29) is 22.5 Å². The first kappa shape index (κ1) is 16.6. The van der Waals surface area contributed by atoms with Crippen molar-refractivity contribution in [2.24, 2.45) is 0 Å². The van der Waals surface area contributed by atoms with Crippen LogP contribution in [0.5, 0.6) is 0 Å². The minimum absolute atomic E-state index is 0.00902. The van der Waals surface area contributed by atoms with Gasteiger partial charge in [0.15, 0.2) is 0 Å². The minimum Gasteiger partial charge on any atom is -0.396 e. The molecule has 0 fully saturated rings. The van der Waals surface area contributed by atoms with Crippen molar-refractivity contribution in [3.05, 3.63) is 27.3 Å². The van der Waals surface area contributed by atoms with E-state index in [1.54, 1.807) is 6.92 Å². The van der Waals surface area contributed by atoms with Crippen molar-refractivity contribution >= 4 is 43.3 Å². The number of nitrogen functional groups attached to an aromatic ring is 1. The highest BCUT2D eigenvalue weighted by Crippen LogP contribution is 2.33. The first-order valence-corrected chi connectivity index (χ1v) is 7.63. The number of nitrogens with zero attached hydrogens (tertiary/aromatic N) is 1. The highest BCUT2D eigenvalue weighted by molar-refractivity contribution is 9.10. The van der Waals surface area contributed by atoms with Crippen molar-refractivity contribution in [3.8, 4) is 0 Å². The van der Waals surface area contributed by atoms with E-state index in [9.17, 15) is 17.6 Å². The highest BCUT2D eigenvalue weighted by atomic mass is 79.9. The lowest BCUT2D eigenvalue weighted by atomic mass is 10.3. The fraction of sp³-hybridized carbons (Fsp3) is 0.273. The summed E-state index contributed by atoms with van der Waals surface area (Å²) in [4.78, 5) is 15.0. The fourth-order valence-electron chi connectivity index (χ4n) is 1.26. The molecular formula is C11H12BrFN2O4S. The summed E-state index contributed by atoms with van der Waals surface area (Å²) in [5.41, 5.74) is 5.12. The normalized spacial score (nSPS) is 11.0. The number of carbonyl (C=O) groups excluding carboxylic acids is 1. The van der Waals surface area contributed by atoms with Gasteiger partial charge in [0.05, 0.1) is 18.0 Å². The summed E-state index contributed by atoms with van der Waals surface area (Å²) in [6, 6.07) is 2.09. The minimum atomic E-state index is -4.22. The zero-order valence-corrected chi connectivity index (χ0v) is 13.1. The Morgan fingerprint density at radius 2 is 2.15 bits per heavy atom. The molecular weight excluding hydrogens is 355 g/mol. The average molecular weight is 367 g/mol. The van der Waals surface area contributed by atoms with Gasteiger partial charge in [0, 0.05) is 4.47 Å². The van der Waals surface area contributed by atoms with Crippen LogP contribution >= 0.6 is 15.9 Å². The summed E-state index contributed by atoms with van der Waals surface area (Å²) >= 11 is 3.03. The van der Waals surface area contributed by atoms with Crippen molar-refractivity contribution in [1.82, 2.24) is 0 Å². The van der Waals surface area contributed by atoms with Crippen molar-refractivity contribution in [3.63, 3.8) is 0 Å². The Hall–Kier alpha value is -1.41. The number of allylic oxidation sites excluding steroid dienone is 1. The van der Waals surface area contributed by atoms with Gasteiger partial charge >= 0.3 is 0 Å². The number of rotatable bonds is 5. The van der Waals surface area contributed by atoms with Crippen molar-refractivity contribution in [2.45, 2.75) is 13.8 Å². The Morgan fingerprint density at radius 1 is 1.55 bits per heavy atom. The maximum Gasteiger partial charge on any atom is 0.293 e. The number of hydrogen-bond donors (Lipinski definition) is 1. The molecule has 0 saturated heterocycles. The van der Waals surface area contributed by atoms with E-state index in [4.69, 9.17) is 10.6 Å². The fourth-order valence-corrected chi connectivity index (χ4v) is 2.86. The molecule has 0 saturated carbocycles. The Bertz CT molecular complexity index is 671. The predicted octanol–water partition coefficient (Wildman–Crippen LogP) is 1.99. The molecule has 110 valence electrons. The summed E-state index contributed by atoms with van der Waals surface area (Å²) < 4.78 is 38.2. The van der Waals surface area contributed by atoms with Gasteiger partial charge in [-0.15, -0.1) is 4.47 Å². The molecule has 6 nitrogen and oxygen atoms in total. The monoisotopic (exact) mass is 366 g/mol.